The highest BCUT2D eigenvalue weighted by atomic mass is 32.2. The number of rotatable bonds is 4. The molecule has 1 aromatic rings. The second-order valence-corrected chi connectivity index (χ2v) is 4.88. The van der Waals surface area contributed by atoms with Gasteiger partial charge in [0.05, 0.1) is 11.9 Å². The molecule has 0 atom stereocenters. The van der Waals surface area contributed by atoms with Crippen molar-refractivity contribution >= 4 is 23.5 Å². The molecule has 0 aromatic carbocycles. The minimum absolute atomic E-state index is 0.0642. The van der Waals surface area contributed by atoms with Crippen LogP contribution in [0.3, 0.4) is 0 Å². The number of thioether (sulfide) groups is 1. The summed E-state index contributed by atoms with van der Waals surface area (Å²) in [6.07, 6.45) is -0.182. The maximum atomic E-state index is 11.4. The number of hydrogen-bond acceptors (Lipinski definition) is 6. The Balaban J connectivity index is 2.85. The molecule has 0 radical (unpaired) electrons. The molecule has 0 saturated carbocycles. The van der Waals surface area contributed by atoms with Crippen molar-refractivity contribution in [2.24, 2.45) is 0 Å². The number of carbonyl (C=O) groups is 1. The number of nitriles is 2. The monoisotopic (exact) mass is 277 g/mol. The summed E-state index contributed by atoms with van der Waals surface area (Å²) in [4.78, 5) is 14.2. The lowest BCUT2D eigenvalue weighted by molar-refractivity contribution is -0.410. The van der Waals surface area contributed by atoms with Crippen molar-refractivity contribution in [3.8, 4) is 12.1 Å². The molecule has 0 fully saturated rings. The molecule has 0 spiro atoms. The highest BCUT2D eigenvalue weighted by molar-refractivity contribution is 7.99. The van der Waals surface area contributed by atoms with Crippen molar-refractivity contribution in [3.05, 3.63) is 17.2 Å². The van der Waals surface area contributed by atoms with Crippen LogP contribution >= 0.6 is 11.8 Å². The number of nitrogens with zero attached hydrogens (tertiary/aromatic N) is 2. The van der Waals surface area contributed by atoms with Gasteiger partial charge < -0.3 is 4.74 Å². The molecule has 1 aromatic heterocycles. The van der Waals surface area contributed by atoms with Crippen LogP contribution in [0.2, 0.25) is 0 Å². The molecular formula is C12H13N4O2S+. The molecule has 0 unspecified atom stereocenters. The number of H-pyrrole nitrogens is 1. The second kappa shape index (κ2) is 6.62. The van der Waals surface area contributed by atoms with E-state index >= 15 is 0 Å². The summed E-state index contributed by atoms with van der Waals surface area (Å²) in [6, 6.07) is 5.22. The molecule has 0 amide bonds. The van der Waals surface area contributed by atoms with Crippen molar-refractivity contribution in [3.63, 3.8) is 0 Å². The van der Waals surface area contributed by atoms with Crippen molar-refractivity contribution in [2.45, 2.75) is 25.0 Å². The smallest absolute Gasteiger partial charge is 0.316 e. The van der Waals surface area contributed by atoms with Gasteiger partial charge in [0.1, 0.15) is 23.3 Å². The SMILES string of the molecule is CC(C)OC(=O)CSc1[nH+]c(N)c(C#N)cc1C#N. The predicted molar refractivity (Wildman–Crippen MR) is 68.8 cm³/mol. The fourth-order valence-electron chi connectivity index (χ4n) is 1.26. The maximum Gasteiger partial charge on any atom is 0.316 e. The zero-order chi connectivity index (χ0) is 14.4. The fraction of sp³-hybridized carbons (Fsp3) is 0.333. The van der Waals surface area contributed by atoms with E-state index in [0.29, 0.717) is 5.03 Å². The first kappa shape index (κ1) is 14.8. The van der Waals surface area contributed by atoms with Crippen LogP contribution in [0.25, 0.3) is 0 Å². The molecule has 1 rings (SSSR count). The highest BCUT2D eigenvalue weighted by Gasteiger charge is 2.16. The van der Waals surface area contributed by atoms with E-state index in [2.05, 4.69) is 4.98 Å². The number of anilines is 1. The summed E-state index contributed by atoms with van der Waals surface area (Å²) in [5.41, 5.74) is 6.10. The molecule has 0 aliphatic rings. The molecule has 98 valence electrons. The van der Waals surface area contributed by atoms with E-state index in [0.717, 1.165) is 11.8 Å². The Morgan fingerprint density at radius 1 is 1.47 bits per heavy atom. The predicted octanol–water partition coefficient (Wildman–Crippen LogP) is 0.870. The van der Waals surface area contributed by atoms with Gasteiger partial charge in [0.25, 0.3) is 5.82 Å². The van der Waals surface area contributed by atoms with Crippen molar-refractivity contribution < 1.29 is 14.5 Å². The maximum absolute atomic E-state index is 11.4. The van der Waals surface area contributed by atoms with E-state index in [1.54, 1.807) is 13.8 Å². The summed E-state index contributed by atoms with van der Waals surface area (Å²) in [5, 5.41) is 18.2. The lowest BCUT2D eigenvalue weighted by atomic mass is 10.2. The number of nitrogen functional groups attached to an aromatic ring is 1. The van der Waals surface area contributed by atoms with E-state index in [4.69, 9.17) is 21.0 Å². The number of nitrogens with two attached hydrogens (primary N) is 1. The van der Waals surface area contributed by atoms with E-state index in [1.807, 2.05) is 12.1 Å². The Kier molecular flexibility index (Phi) is 5.16. The van der Waals surface area contributed by atoms with Gasteiger partial charge in [-0.3, -0.25) is 10.5 Å². The van der Waals surface area contributed by atoms with Crippen LogP contribution in [0.1, 0.15) is 25.0 Å². The molecule has 1 heterocycles. The Labute approximate surface area is 115 Å². The Morgan fingerprint density at radius 2 is 2.11 bits per heavy atom. The van der Waals surface area contributed by atoms with Gasteiger partial charge in [-0.2, -0.15) is 10.5 Å². The first-order valence-electron chi connectivity index (χ1n) is 5.46. The number of pyridine rings is 1. The fourth-order valence-corrected chi connectivity index (χ4v) is 2.03. The van der Waals surface area contributed by atoms with Crippen molar-refractivity contribution in [1.82, 2.24) is 0 Å². The van der Waals surface area contributed by atoms with Gasteiger partial charge in [-0.1, -0.05) is 11.8 Å². The highest BCUT2D eigenvalue weighted by Crippen LogP contribution is 2.20. The van der Waals surface area contributed by atoms with Crippen LogP contribution in [0.5, 0.6) is 0 Å². The molecule has 7 heteroatoms. The Hall–Kier alpha value is -2.25. The topological polar surface area (TPSA) is 114 Å². The van der Waals surface area contributed by atoms with E-state index < -0.39 is 0 Å². The number of aromatic nitrogens is 1. The van der Waals surface area contributed by atoms with Gasteiger partial charge in [0, 0.05) is 0 Å². The summed E-state index contributed by atoms with van der Waals surface area (Å²) in [6.45, 7) is 3.52. The zero-order valence-corrected chi connectivity index (χ0v) is 11.4. The van der Waals surface area contributed by atoms with Gasteiger partial charge in [-0.15, -0.1) is 0 Å². The normalized spacial score (nSPS) is 9.74. The minimum Gasteiger partial charge on any atom is -0.462 e. The largest absolute Gasteiger partial charge is 0.462 e. The molecule has 0 bridgehead atoms. The van der Waals surface area contributed by atoms with E-state index in [1.165, 1.54) is 6.07 Å². The third kappa shape index (κ3) is 4.16. The third-order valence-corrected chi connectivity index (χ3v) is 3.00. The third-order valence-electron chi connectivity index (χ3n) is 2.01. The van der Waals surface area contributed by atoms with Crippen LogP contribution in [-0.2, 0) is 9.53 Å². The summed E-state index contributed by atoms with van der Waals surface area (Å²) in [7, 11) is 0. The first-order chi connectivity index (χ1) is 8.97. The van der Waals surface area contributed by atoms with Gasteiger partial charge in [-0.05, 0) is 19.9 Å². The van der Waals surface area contributed by atoms with Gasteiger partial charge in [-0.25, -0.2) is 4.98 Å². The Morgan fingerprint density at radius 3 is 2.63 bits per heavy atom. The molecule has 6 nitrogen and oxygen atoms in total. The summed E-state index contributed by atoms with van der Waals surface area (Å²) >= 11 is 1.11. The molecule has 0 aliphatic carbocycles. The second-order valence-electron chi connectivity index (χ2n) is 3.89. The molecule has 3 N–H and O–H groups in total. The number of esters is 1. The van der Waals surface area contributed by atoms with E-state index in [-0.39, 0.29) is 34.8 Å². The number of carbonyl (C=O) groups excluding carboxylic acids is 1. The van der Waals surface area contributed by atoms with Crippen LogP contribution < -0.4 is 10.7 Å². The van der Waals surface area contributed by atoms with Crippen LogP contribution in [0, 0.1) is 22.7 Å². The average molecular weight is 277 g/mol. The van der Waals surface area contributed by atoms with Crippen LogP contribution in [0.15, 0.2) is 11.1 Å². The minimum atomic E-state index is -0.375. The van der Waals surface area contributed by atoms with Crippen LogP contribution in [-0.4, -0.2) is 17.8 Å². The molecule has 0 saturated heterocycles. The van der Waals surface area contributed by atoms with Gasteiger partial charge in [0.15, 0.2) is 5.03 Å². The van der Waals surface area contributed by atoms with Gasteiger partial charge >= 0.3 is 5.97 Å². The van der Waals surface area contributed by atoms with E-state index in [9.17, 15) is 4.79 Å². The average Bonchev–Trinajstić information content (AvgIpc) is 2.35. The van der Waals surface area contributed by atoms with Gasteiger partial charge in [0.2, 0.25) is 0 Å². The number of hydrogen-bond donors (Lipinski definition) is 1. The molecular weight excluding hydrogens is 264 g/mol. The Bertz CT molecular complexity index is 572. The standard InChI is InChI=1S/C12H12N4O2S/c1-7(2)18-10(17)6-19-12-9(5-14)3-8(4-13)11(15)16-12/h3,7H,6H2,1-2H3,(H2,15,16)/p+1. The van der Waals surface area contributed by atoms with Crippen LogP contribution in [0.4, 0.5) is 5.82 Å². The van der Waals surface area contributed by atoms with Crippen molar-refractivity contribution in [1.29, 1.82) is 10.5 Å². The zero-order valence-electron chi connectivity index (χ0n) is 10.6. The summed E-state index contributed by atoms with van der Waals surface area (Å²) in [5.74, 6) is -0.143. The lowest BCUT2D eigenvalue weighted by Gasteiger charge is -2.07. The van der Waals surface area contributed by atoms with Crippen molar-refractivity contribution in [2.75, 3.05) is 11.5 Å². The first-order valence-corrected chi connectivity index (χ1v) is 6.44. The number of nitrogens with one attached hydrogen (secondary N) is 1. The number of ether oxygens (including phenoxy) is 1. The lowest BCUT2D eigenvalue weighted by Crippen LogP contribution is -2.19. The quantitative estimate of drug-likeness (QED) is 0.645. The molecule has 0 aliphatic heterocycles. The molecule has 19 heavy (non-hydrogen) atoms. The number of aromatic amines is 1. The summed E-state index contributed by atoms with van der Waals surface area (Å²) < 4.78 is 4.98.